The van der Waals surface area contributed by atoms with Gasteiger partial charge in [-0.3, -0.25) is 9.78 Å². The minimum atomic E-state index is -1.28. The van der Waals surface area contributed by atoms with Gasteiger partial charge in [-0.2, -0.15) is 0 Å². The highest BCUT2D eigenvalue weighted by Crippen LogP contribution is 2.16. The SMILES string of the molecule is CCCCOc1ccc(C(=O)OOC(COCC)OOC(=O)c2ccc(OCCCC)cc2)cc1. The Morgan fingerprint density at radius 2 is 1.11 bits per heavy atom. The highest BCUT2D eigenvalue weighted by atomic mass is 17.3. The smallest absolute Gasteiger partial charge is 0.373 e. The minimum Gasteiger partial charge on any atom is -0.494 e. The predicted molar refractivity (Wildman–Crippen MR) is 127 cm³/mol. The van der Waals surface area contributed by atoms with Crippen molar-refractivity contribution in [1.29, 1.82) is 0 Å². The number of carbonyl (C=O) groups excluding carboxylic acids is 2. The summed E-state index contributed by atoms with van der Waals surface area (Å²) in [5.41, 5.74) is 0.502. The van der Waals surface area contributed by atoms with Gasteiger partial charge >= 0.3 is 11.9 Å². The Balaban J connectivity index is 1.83. The van der Waals surface area contributed by atoms with Gasteiger partial charge in [-0.15, -0.1) is 9.78 Å². The Labute approximate surface area is 206 Å². The van der Waals surface area contributed by atoms with Gasteiger partial charge in [-0.25, -0.2) is 9.59 Å². The maximum Gasteiger partial charge on any atom is 0.373 e. The van der Waals surface area contributed by atoms with Gasteiger partial charge in [-0.05, 0) is 68.3 Å². The summed E-state index contributed by atoms with van der Waals surface area (Å²) in [6.45, 7) is 7.35. The van der Waals surface area contributed by atoms with Crippen molar-refractivity contribution in [3.05, 3.63) is 59.7 Å². The molecule has 0 aliphatic carbocycles. The largest absolute Gasteiger partial charge is 0.494 e. The van der Waals surface area contributed by atoms with Crippen molar-refractivity contribution in [2.75, 3.05) is 26.4 Å². The van der Waals surface area contributed by atoms with E-state index in [0.29, 0.717) is 31.3 Å². The molecule has 192 valence electrons. The molecule has 0 spiro atoms. The molecule has 0 heterocycles. The zero-order valence-electron chi connectivity index (χ0n) is 20.5. The fraction of sp³-hybridized carbons (Fsp3) is 0.462. The van der Waals surface area contributed by atoms with Crippen LogP contribution in [0.4, 0.5) is 0 Å². The Kier molecular flexibility index (Phi) is 13.2. The zero-order valence-corrected chi connectivity index (χ0v) is 20.5. The molecular formula is C26H34O9. The maximum atomic E-state index is 12.3. The average Bonchev–Trinajstić information content (AvgIpc) is 2.89. The molecule has 0 atom stereocenters. The van der Waals surface area contributed by atoms with Gasteiger partial charge < -0.3 is 14.2 Å². The van der Waals surface area contributed by atoms with E-state index in [9.17, 15) is 9.59 Å². The van der Waals surface area contributed by atoms with Crippen molar-refractivity contribution in [2.45, 2.75) is 52.7 Å². The molecule has 0 N–H and O–H groups in total. The van der Waals surface area contributed by atoms with E-state index in [1.807, 2.05) is 0 Å². The molecule has 0 aromatic heterocycles. The first-order valence-electron chi connectivity index (χ1n) is 11.9. The molecule has 0 fully saturated rings. The number of benzene rings is 2. The van der Waals surface area contributed by atoms with Crippen molar-refractivity contribution in [2.24, 2.45) is 0 Å². The van der Waals surface area contributed by atoms with Crippen molar-refractivity contribution >= 4 is 11.9 Å². The number of hydrogen-bond acceptors (Lipinski definition) is 9. The summed E-state index contributed by atoms with van der Waals surface area (Å²) in [6, 6.07) is 12.9. The monoisotopic (exact) mass is 490 g/mol. The molecule has 9 nitrogen and oxygen atoms in total. The van der Waals surface area contributed by atoms with Crippen LogP contribution in [0.15, 0.2) is 48.5 Å². The lowest BCUT2D eigenvalue weighted by molar-refractivity contribution is -0.426. The molecule has 0 unspecified atom stereocenters. The second-order valence-corrected chi connectivity index (χ2v) is 7.48. The first-order chi connectivity index (χ1) is 17.1. The lowest BCUT2D eigenvalue weighted by Crippen LogP contribution is -2.26. The van der Waals surface area contributed by atoms with Crippen LogP contribution in [0.3, 0.4) is 0 Å². The van der Waals surface area contributed by atoms with Crippen LogP contribution in [0.2, 0.25) is 0 Å². The third-order valence-corrected chi connectivity index (χ3v) is 4.63. The van der Waals surface area contributed by atoms with Gasteiger partial charge in [0.15, 0.2) is 0 Å². The molecule has 2 rings (SSSR count). The van der Waals surface area contributed by atoms with E-state index in [1.54, 1.807) is 55.5 Å². The second-order valence-electron chi connectivity index (χ2n) is 7.48. The molecular weight excluding hydrogens is 456 g/mol. The van der Waals surface area contributed by atoms with Gasteiger partial charge in [0.1, 0.15) is 18.1 Å². The van der Waals surface area contributed by atoms with E-state index in [1.165, 1.54) is 0 Å². The molecule has 0 amide bonds. The lowest BCUT2D eigenvalue weighted by atomic mass is 10.2. The summed E-state index contributed by atoms with van der Waals surface area (Å²) in [5, 5.41) is 0. The molecule has 0 saturated heterocycles. The van der Waals surface area contributed by atoms with Crippen molar-refractivity contribution in [1.82, 2.24) is 0 Å². The standard InChI is InChI=1S/C26H34O9/c1-4-7-17-30-22-13-9-20(10-14-22)25(27)34-32-24(19-29-6-3)33-35-26(28)21-11-15-23(16-12-21)31-18-8-5-2/h9-16,24H,4-8,17-19H2,1-3H3. The number of hydrogen-bond donors (Lipinski definition) is 0. The number of ether oxygens (including phenoxy) is 3. The van der Waals surface area contributed by atoms with Gasteiger partial charge in [0.05, 0.1) is 24.3 Å². The summed E-state index contributed by atoms with van der Waals surface area (Å²) >= 11 is 0. The molecule has 0 saturated carbocycles. The molecule has 9 heteroatoms. The van der Waals surface area contributed by atoms with Crippen LogP contribution in [-0.2, 0) is 24.3 Å². The Morgan fingerprint density at radius 3 is 1.49 bits per heavy atom. The van der Waals surface area contributed by atoms with E-state index < -0.39 is 18.2 Å². The molecule has 0 bridgehead atoms. The Morgan fingerprint density at radius 1 is 0.686 bits per heavy atom. The van der Waals surface area contributed by atoms with Crippen LogP contribution in [0, 0.1) is 0 Å². The zero-order chi connectivity index (χ0) is 25.3. The summed E-state index contributed by atoms with van der Waals surface area (Å²) in [6.07, 6.45) is 2.67. The summed E-state index contributed by atoms with van der Waals surface area (Å²) in [5.74, 6) is -0.192. The van der Waals surface area contributed by atoms with Crippen molar-refractivity contribution in [3.63, 3.8) is 0 Å². The van der Waals surface area contributed by atoms with Crippen LogP contribution in [0.25, 0.3) is 0 Å². The molecule has 0 aliphatic rings. The van der Waals surface area contributed by atoms with Crippen molar-refractivity contribution in [3.8, 4) is 11.5 Å². The highest BCUT2D eigenvalue weighted by molar-refractivity contribution is 5.89. The number of carbonyl (C=O) groups is 2. The van der Waals surface area contributed by atoms with Gasteiger partial charge in [-0.1, -0.05) is 26.7 Å². The quantitative estimate of drug-likeness (QED) is 0.127. The van der Waals surface area contributed by atoms with Crippen LogP contribution in [0.1, 0.15) is 67.2 Å². The van der Waals surface area contributed by atoms with Crippen LogP contribution in [0.5, 0.6) is 11.5 Å². The molecule has 2 aromatic rings. The third-order valence-electron chi connectivity index (χ3n) is 4.63. The van der Waals surface area contributed by atoms with E-state index in [4.69, 9.17) is 33.8 Å². The predicted octanol–water partition coefficient (Wildman–Crippen LogP) is 5.28. The Bertz CT molecular complexity index is 796. The Hall–Kier alpha value is -3.14. The summed E-state index contributed by atoms with van der Waals surface area (Å²) in [7, 11) is 0. The van der Waals surface area contributed by atoms with E-state index in [0.717, 1.165) is 25.7 Å². The molecule has 35 heavy (non-hydrogen) atoms. The first-order valence-corrected chi connectivity index (χ1v) is 11.9. The van der Waals surface area contributed by atoms with Gasteiger partial charge in [0.25, 0.3) is 6.29 Å². The molecule has 0 aliphatic heterocycles. The van der Waals surface area contributed by atoms with Crippen LogP contribution >= 0.6 is 0 Å². The number of unbranched alkanes of at least 4 members (excludes halogenated alkanes) is 2. The highest BCUT2D eigenvalue weighted by Gasteiger charge is 2.20. The first kappa shape index (κ1) is 28.1. The summed E-state index contributed by atoms with van der Waals surface area (Å²) in [4.78, 5) is 44.2. The van der Waals surface area contributed by atoms with Crippen LogP contribution in [-0.4, -0.2) is 44.7 Å². The average molecular weight is 491 g/mol. The minimum absolute atomic E-state index is 0.133. The normalized spacial score (nSPS) is 10.7. The van der Waals surface area contributed by atoms with Crippen molar-refractivity contribution < 1.29 is 43.3 Å². The van der Waals surface area contributed by atoms with Gasteiger partial charge in [0.2, 0.25) is 0 Å². The number of rotatable bonds is 17. The van der Waals surface area contributed by atoms with E-state index in [2.05, 4.69) is 13.8 Å². The van der Waals surface area contributed by atoms with Gasteiger partial charge in [0, 0.05) is 6.61 Å². The fourth-order valence-electron chi connectivity index (χ4n) is 2.62. The second kappa shape index (κ2) is 16.5. The summed E-state index contributed by atoms with van der Waals surface area (Å²) < 4.78 is 16.4. The van der Waals surface area contributed by atoms with E-state index in [-0.39, 0.29) is 17.7 Å². The topological polar surface area (TPSA) is 98.8 Å². The lowest BCUT2D eigenvalue weighted by Gasteiger charge is -2.15. The molecule has 0 radical (unpaired) electrons. The molecule has 2 aromatic carbocycles. The van der Waals surface area contributed by atoms with Crippen LogP contribution < -0.4 is 9.47 Å². The maximum absolute atomic E-state index is 12.3. The van der Waals surface area contributed by atoms with E-state index >= 15 is 0 Å². The fourth-order valence-corrected chi connectivity index (χ4v) is 2.62. The third kappa shape index (κ3) is 10.8.